The Kier molecular flexibility index (Phi) is 6.58. The lowest BCUT2D eigenvalue weighted by atomic mass is 10.2. The van der Waals surface area contributed by atoms with E-state index in [2.05, 4.69) is 0 Å². The molecule has 1 aromatic carbocycles. The van der Waals surface area contributed by atoms with Crippen LogP contribution in [0.2, 0.25) is 0 Å². The van der Waals surface area contributed by atoms with Crippen LogP contribution in [0.5, 0.6) is 5.75 Å². The molecule has 0 saturated carbocycles. The highest BCUT2D eigenvalue weighted by atomic mass is 16.5. The van der Waals surface area contributed by atoms with E-state index in [1.165, 1.54) is 0 Å². The van der Waals surface area contributed by atoms with E-state index in [-0.39, 0.29) is 7.69 Å². The number of carbonyl (C=O) groups excluding carboxylic acids is 1. The lowest BCUT2D eigenvalue weighted by Gasteiger charge is -1.97. The Morgan fingerprint density at radius 2 is 2.08 bits per heavy atom. The van der Waals surface area contributed by atoms with Crippen molar-refractivity contribution < 1.29 is 19.6 Å². The summed E-state index contributed by atoms with van der Waals surface area (Å²) < 4.78 is 4.90. The first-order chi connectivity index (χ1) is 6.28. The van der Waals surface area contributed by atoms with Crippen molar-refractivity contribution in [3.63, 3.8) is 0 Å². The van der Waals surface area contributed by atoms with Crippen LogP contribution in [-0.4, -0.2) is 31.1 Å². The first kappa shape index (κ1) is 11.7. The van der Waals surface area contributed by atoms with E-state index < -0.39 is 0 Å². The molecule has 0 aromatic heterocycles. The van der Waals surface area contributed by atoms with Crippen molar-refractivity contribution in [2.45, 2.75) is 0 Å². The van der Waals surface area contributed by atoms with Gasteiger partial charge in [0.2, 0.25) is 0 Å². The maximum Gasteiger partial charge on any atom is 0.482 e. The second kappa shape index (κ2) is 7.33. The molecule has 1 radical (unpaired) electrons. The summed E-state index contributed by atoms with van der Waals surface area (Å²) in [6, 6.07) is 7.00. The molecule has 0 saturated heterocycles. The van der Waals surface area contributed by atoms with Gasteiger partial charge in [-0.3, -0.25) is 4.79 Å². The summed E-state index contributed by atoms with van der Waals surface area (Å²) in [5.41, 5.74) is 0.638. The van der Waals surface area contributed by atoms with Crippen LogP contribution in [0.3, 0.4) is 0 Å². The molecule has 0 aliphatic rings. The molecule has 1 aromatic rings. The van der Waals surface area contributed by atoms with Crippen LogP contribution < -0.4 is 4.74 Å². The normalized spacial score (nSPS) is 7.92. The Bertz CT molecular complexity index is 252. The summed E-state index contributed by atoms with van der Waals surface area (Å²) in [5, 5.41) is 14.0. The first-order valence-corrected chi connectivity index (χ1v) is 3.47. The monoisotopic (exact) mass is 181 g/mol. The highest BCUT2D eigenvalue weighted by molar-refractivity contribution is 6.13. The van der Waals surface area contributed by atoms with Crippen molar-refractivity contribution in [1.29, 1.82) is 0 Å². The molecule has 0 spiro atoms. The van der Waals surface area contributed by atoms with Gasteiger partial charge in [-0.1, -0.05) is 12.1 Å². The van der Waals surface area contributed by atoms with Crippen LogP contribution in [0.25, 0.3) is 0 Å². The van der Waals surface area contributed by atoms with E-state index in [0.717, 1.165) is 6.29 Å². The van der Waals surface area contributed by atoms with E-state index in [1.54, 1.807) is 31.4 Å². The number of ether oxygens (including phenoxy) is 1. The summed E-state index contributed by atoms with van der Waals surface area (Å²) >= 11 is 0. The Labute approximate surface area is 77.1 Å². The molecule has 0 amide bonds. The minimum Gasteiger partial charge on any atom is -0.497 e. The van der Waals surface area contributed by atoms with Crippen molar-refractivity contribution in [1.82, 2.24) is 0 Å². The van der Waals surface area contributed by atoms with E-state index >= 15 is 0 Å². The standard InChI is InChI=1S/C8H8O2.BH2O2/c1-10-8-4-2-3-7(5-8)6-9;2-1-3/h2-6H,1H3;2-3H. The third-order valence-electron chi connectivity index (χ3n) is 1.23. The summed E-state index contributed by atoms with van der Waals surface area (Å²) in [5.74, 6) is 0.713. The van der Waals surface area contributed by atoms with Crippen LogP contribution >= 0.6 is 0 Å². The average molecular weight is 181 g/mol. The van der Waals surface area contributed by atoms with Gasteiger partial charge in [0.05, 0.1) is 7.11 Å². The smallest absolute Gasteiger partial charge is 0.482 e. The quantitative estimate of drug-likeness (QED) is 0.498. The third kappa shape index (κ3) is 5.00. The Hall–Kier alpha value is -1.33. The summed E-state index contributed by atoms with van der Waals surface area (Å²) in [4.78, 5) is 10.2. The zero-order valence-corrected chi connectivity index (χ0v) is 7.18. The van der Waals surface area contributed by atoms with E-state index in [4.69, 9.17) is 14.8 Å². The van der Waals surface area contributed by atoms with E-state index in [1.807, 2.05) is 0 Å². The number of hydrogen-bond acceptors (Lipinski definition) is 4. The number of hydrogen-bond donors (Lipinski definition) is 2. The molecule has 0 aliphatic heterocycles. The van der Waals surface area contributed by atoms with Gasteiger partial charge < -0.3 is 14.8 Å². The van der Waals surface area contributed by atoms with Crippen molar-refractivity contribution in [2.75, 3.05) is 7.11 Å². The lowest BCUT2D eigenvalue weighted by Crippen LogP contribution is -1.84. The lowest BCUT2D eigenvalue weighted by molar-refractivity contribution is 0.112. The minimum absolute atomic E-state index is 0. The molecule has 0 atom stereocenters. The van der Waals surface area contributed by atoms with Crippen molar-refractivity contribution in [2.24, 2.45) is 0 Å². The summed E-state index contributed by atoms with van der Waals surface area (Å²) in [7, 11) is 1.57. The SMILES string of the molecule is COc1cccc(C=O)c1.O[B]O. The second-order valence-electron chi connectivity index (χ2n) is 2.01. The van der Waals surface area contributed by atoms with Crippen LogP contribution in [0.4, 0.5) is 0 Å². The maximum absolute atomic E-state index is 10.2. The van der Waals surface area contributed by atoms with Gasteiger partial charge in [-0.05, 0) is 12.1 Å². The Morgan fingerprint density at radius 1 is 1.46 bits per heavy atom. The Balaban J connectivity index is 0.000000424. The zero-order valence-electron chi connectivity index (χ0n) is 7.18. The molecule has 4 nitrogen and oxygen atoms in total. The summed E-state index contributed by atoms with van der Waals surface area (Å²) in [6.45, 7) is 0. The average Bonchev–Trinajstić information content (AvgIpc) is 2.19. The third-order valence-corrected chi connectivity index (χ3v) is 1.23. The fraction of sp³-hybridized carbons (Fsp3) is 0.125. The predicted molar refractivity (Wildman–Crippen MR) is 48.6 cm³/mol. The van der Waals surface area contributed by atoms with Crippen molar-refractivity contribution >= 4 is 14.0 Å². The highest BCUT2D eigenvalue weighted by Gasteiger charge is 1.90. The Morgan fingerprint density at radius 3 is 2.54 bits per heavy atom. The van der Waals surface area contributed by atoms with E-state index in [9.17, 15) is 4.79 Å². The molecule has 69 valence electrons. The molecule has 0 fully saturated rings. The molecular formula is C8H10BO4. The molecule has 1 rings (SSSR count). The number of methoxy groups -OCH3 is 1. The molecule has 0 heterocycles. The molecule has 0 bridgehead atoms. The van der Waals surface area contributed by atoms with Gasteiger partial charge in [-0.25, -0.2) is 0 Å². The topological polar surface area (TPSA) is 66.8 Å². The molecule has 13 heavy (non-hydrogen) atoms. The van der Waals surface area contributed by atoms with Crippen LogP contribution in [0.15, 0.2) is 24.3 Å². The largest absolute Gasteiger partial charge is 0.497 e. The minimum atomic E-state index is 0. The van der Waals surface area contributed by atoms with Gasteiger partial charge in [-0.15, -0.1) is 0 Å². The van der Waals surface area contributed by atoms with Crippen LogP contribution in [0.1, 0.15) is 10.4 Å². The van der Waals surface area contributed by atoms with Gasteiger partial charge in [0.1, 0.15) is 12.0 Å². The maximum atomic E-state index is 10.2. The van der Waals surface area contributed by atoms with Crippen LogP contribution in [0, 0.1) is 0 Å². The highest BCUT2D eigenvalue weighted by Crippen LogP contribution is 2.10. The number of benzene rings is 1. The van der Waals surface area contributed by atoms with Gasteiger partial charge >= 0.3 is 7.69 Å². The van der Waals surface area contributed by atoms with Gasteiger partial charge in [0, 0.05) is 5.56 Å². The molecule has 2 N–H and O–H groups in total. The molecular weight excluding hydrogens is 171 g/mol. The number of aldehydes is 1. The number of rotatable bonds is 2. The first-order valence-electron chi connectivity index (χ1n) is 3.47. The molecule has 5 heteroatoms. The number of carbonyl (C=O) groups is 1. The van der Waals surface area contributed by atoms with Crippen molar-refractivity contribution in [3.05, 3.63) is 29.8 Å². The molecule has 0 aliphatic carbocycles. The predicted octanol–water partition coefficient (Wildman–Crippen LogP) is 0.0129. The van der Waals surface area contributed by atoms with Gasteiger partial charge in [-0.2, -0.15) is 0 Å². The van der Waals surface area contributed by atoms with Crippen LogP contribution in [-0.2, 0) is 0 Å². The fourth-order valence-corrected chi connectivity index (χ4v) is 0.715. The van der Waals surface area contributed by atoms with Gasteiger partial charge in [0.25, 0.3) is 0 Å². The van der Waals surface area contributed by atoms with Gasteiger partial charge in [0.15, 0.2) is 0 Å². The zero-order chi connectivity index (χ0) is 10.1. The fourth-order valence-electron chi connectivity index (χ4n) is 0.715. The van der Waals surface area contributed by atoms with Crippen molar-refractivity contribution in [3.8, 4) is 5.75 Å². The van der Waals surface area contributed by atoms with E-state index in [0.29, 0.717) is 11.3 Å². The second-order valence-corrected chi connectivity index (χ2v) is 2.01. The molecule has 0 unspecified atom stereocenters. The summed E-state index contributed by atoms with van der Waals surface area (Å²) in [6.07, 6.45) is 0.794.